The molecule has 0 spiro atoms. The Kier molecular flexibility index (Phi) is 4.72. The monoisotopic (exact) mass is 153 g/mol. The molecule has 3 nitrogen and oxygen atoms in total. The highest BCUT2D eigenvalue weighted by atomic mass is 35.5. The van der Waals surface area contributed by atoms with Gasteiger partial charge in [-0.1, -0.05) is 0 Å². The summed E-state index contributed by atoms with van der Waals surface area (Å²) in [5.41, 5.74) is 4.12. The van der Waals surface area contributed by atoms with Crippen LogP contribution in [0.3, 0.4) is 0 Å². The van der Waals surface area contributed by atoms with E-state index in [0.29, 0.717) is 0 Å². The second-order valence-corrected chi connectivity index (χ2v) is 2.41. The minimum Gasteiger partial charge on any atom is -0.395 e. The summed E-state index contributed by atoms with van der Waals surface area (Å²) >= 11 is 0. The number of primary amides is 1. The van der Waals surface area contributed by atoms with Crippen molar-refractivity contribution in [3.63, 3.8) is 0 Å². The van der Waals surface area contributed by atoms with E-state index in [1.807, 2.05) is 0 Å². The average Bonchev–Trinajstić information content (AvgIpc) is 1.67. The van der Waals surface area contributed by atoms with Crippen LogP contribution in [0, 0.1) is 5.41 Å². The molecule has 0 saturated carbocycles. The van der Waals surface area contributed by atoms with Gasteiger partial charge in [0.25, 0.3) is 0 Å². The third-order valence-electron chi connectivity index (χ3n) is 1.06. The Morgan fingerprint density at radius 2 is 2.00 bits per heavy atom. The van der Waals surface area contributed by atoms with Crippen LogP contribution in [0.4, 0.5) is 0 Å². The molecule has 0 atom stereocenters. The number of nitrogens with two attached hydrogens (primary N) is 1. The molecule has 1 amide bonds. The Morgan fingerprint density at radius 3 is 2.00 bits per heavy atom. The van der Waals surface area contributed by atoms with Gasteiger partial charge in [-0.15, -0.1) is 12.4 Å². The van der Waals surface area contributed by atoms with Crippen molar-refractivity contribution >= 4 is 18.3 Å². The first-order valence-electron chi connectivity index (χ1n) is 2.41. The van der Waals surface area contributed by atoms with Crippen LogP contribution in [-0.4, -0.2) is 17.6 Å². The van der Waals surface area contributed by atoms with Gasteiger partial charge in [-0.05, 0) is 13.8 Å². The van der Waals surface area contributed by atoms with E-state index in [9.17, 15) is 4.79 Å². The first-order valence-corrected chi connectivity index (χ1v) is 2.41. The summed E-state index contributed by atoms with van der Waals surface area (Å²) in [6.45, 7) is 2.99. The highest BCUT2D eigenvalue weighted by molar-refractivity contribution is 5.85. The number of aliphatic hydroxyl groups is 1. The summed E-state index contributed by atoms with van der Waals surface area (Å²) in [4.78, 5) is 10.3. The van der Waals surface area contributed by atoms with Gasteiger partial charge in [0, 0.05) is 0 Å². The molecule has 0 aliphatic rings. The molecular weight excluding hydrogens is 142 g/mol. The zero-order valence-corrected chi connectivity index (χ0v) is 6.36. The summed E-state index contributed by atoms with van der Waals surface area (Å²) in [6, 6.07) is 0. The van der Waals surface area contributed by atoms with E-state index in [1.54, 1.807) is 13.8 Å². The molecule has 3 N–H and O–H groups in total. The predicted octanol–water partition coefficient (Wildman–Crippen LogP) is -0.0880. The van der Waals surface area contributed by atoms with Crippen molar-refractivity contribution in [1.82, 2.24) is 0 Å². The van der Waals surface area contributed by atoms with E-state index in [2.05, 4.69) is 0 Å². The molecule has 56 valence electrons. The molecule has 0 aromatic rings. The molecule has 0 unspecified atom stereocenters. The fourth-order valence-corrected chi connectivity index (χ4v) is 0.0779. The van der Waals surface area contributed by atoms with Gasteiger partial charge in [0.15, 0.2) is 0 Å². The molecule has 0 aliphatic heterocycles. The Hall–Kier alpha value is -0.280. The summed E-state index contributed by atoms with van der Waals surface area (Å²) in [5, 5.41) is 8.46. The fraction of sp³-hybridized carbons (Fsp3) is 0.800. The molecule has 4 heteroatoms. The second-order valence-electron chi connectivity index (χ2n) is 2.41. The van der Waals surface area contributed by atoms with Crippen LogP contribution in [0.1, 0.15) is 13.8 Å². The molecule has 0 aromatic carbocycles. The van der Waals surface area contributed by atoms with E-state index in [4.69, 9.17) is 10.8 Å². The maximum Gasteiger partial charge on any atom is 0.225 e. The van der Waals surface area contributed by atoms with Gasteiger partial charge in [-0.25, -0.2) is 0 Å². The van der Waals surface area contributed by atoms with Crippen molar-refractivity contribution in [3.05, 3.63) is 0 Å². The molecule has 0 rings (SSSR count). The Bertz CT molecular complexity index is 103. The molecule has 0 fully saturated rings. The molecule has 0 heterocycles. The highest BCUT2D eigenvalue weighted by Crippen LogP contribution is 2.10. The van der Waals surface area contributed by atoms with Gasteiger partial charge < -0.3 is 10.8 Å². The van der Waals surface area contributed by atoms with Crippen molar-refractivity contribution in [2.45, 2.75) is 13.8 Å². The van der Waals surface area contributed by atoms with Crippen molar-refractivity contribution in [1.29, 1.82) is 0 Å². The molecule has 0 bridgehead atoms. The number of hydrogen-bond donors (Lipinski definition) is 2. The molecule has 0 aliphatic carbocycles. The topological polar surface area (TPSA) is 63.3 Å². The smallest absolute Gasteiger partial charge is 0.225 e. The summed E-state index contributed by atoms with van der Waals surface area (Å²) in [6.07, 6.45) is 0. The normalized spacial score (nSPS) is 10.1. The Morgan fingerprint density at radius 1 is 1.67 bits per heavy atom. The number of aliphatic hydroxyl groups excluding tert-OH is 1. The van der Waals surface area contributed by atoms with Gasteiger partial charge in [0.05, 0.1) is 12.0 Å². The lowest BCUT2D eigenvalue weighted by Gasteiger charge is -2.15. The van der Waals surface area contributed by atoms with Crippen molar-refractivity contribution < 1.29 is 9.90 Å². The Balaban J connectivity index is 0. The lowest BCUT2D eigenvalue weighted by Crippen LogP contribution is -2.34. The van der Waals surface area contributed by atoms with Crippen LogP contribution >= 0.6 is 12.4 Å². The molecule has 9 heavy (non-hydrogen) atoms. The van der Waals surface area contributed by atoms with E-state index in [0.717, 1.165) is 0 Å². The molecule has 0 aromatic heterocycles. The van der Waals surface area contributed by atoms with E-state index in [-0.39, 0.29) is 19.0 Å². The van der Waals surface area contributed by atoms with Crippen LogP contribution in [0.15, 0.2) is 0 Å². The second kappa shape index (κ2) is 3.69. The maximum atomic E-state index is 10.3. The van der Waals surface area contributed by atoms with Gasteiger partial charge in [0.1, 0.15) is 0 Å². The number of amides is 1. The highest BCUT2D eigenvalue weighted by Gasteiger charge is 2.22. The van der Waals surface area contributed by atoms with Crippen LogP contribution < -0.4 is 5.73 Å². The number of hydrogen-bond acceptors (Lipinski definition) is 2. The minimum atomic E-state index is -0.764. The lowest BCUT2D eigenvalue weighted by atomic mass is 9.94. The van der Waals surface area contributed by atoms with Crippen molar-refractivity contribution in [2.75, 3.05) is 6.61 Å². The van der Waals surface area contributed by atoms with E-state index in [1.165, 1.54) is 0 Å². The van der Waals surface area contributed by atoms with Crippen molar-refractivity contribution in [2.24, 2.45) is 11.1 Å². The van der Waals surface area contributed by atoms with Gasteiger partial charge in [0.2, 0.25) is 5.91 Å². The summed E-state index contributed by atoms with van der Waals surface area (Å²) < 4.78 is 0. The van der Waals surface area contributed by atoms with Gasteiger partial charge >= 0.3 is 0 Å². The third kappa shape index (κ3) is 3.32. The quantitative estimate of drug-likeness (QED) is 0.583. The summed E-state index contributed by atoms with van der Waals surface area (Å²) in [5.74, 6) is -0.472. The predicted molar refractivity (Wildman–Crippen MR) is 37.3 cm³/mol. The number of carbonyl (C=O) groups is 1. The minimum absolute atomic E-state index is 0. The third-order valence-corrected chi connectivity index (χ3v) is 1.06. The molecule has 0 radical (unpaired) electrons. The lowest BCUT2D eigenvalue weighted by molar-refractivity contribution is -0.127. The number of rotatable bonds is 2. The standard InChI is InChI=1S/C5H11NO2.ClH/c1-5(2,3-7)4(6)8;/h7H,3H2,1-2H3,(H2,6,8);1H. The van der Waals surface area contributed by atoms with Crippen LogP contribution in [-0.2, 0) is 4.79 Å². The largest absolute Gasteiger partial charge is 0.395 e. The zero-order chi connectivity index (χ0) is 6.78. The zero-order valence-electron chi connectivity index (χ0n) is 5.55. The fourth-order valence-electron chi connectivity index (χ4n) is 0.0779. The van der Waals surface area contributed by atoms with Crippen LogP contribution in [0.25, 0.3) is 0 Å². The SMILES string of the molecule is CC(C)(CO)C(N)=O.Cl. The van der Waals surface area contributed by atoms with Gasteiger partial charge in [-0.2, -0.15) is 0 Å². The van der Waals surface area contributed by atoms with Crippen LogP contribution in [0.2, 0.25) is 0 Å². The molecule has 0 saturated heterocycles. The number of carbonyl (C=O) groups excluding carboxylic acids is 1. The molecular formula is C5H12ClNO2. The first-order chi connectivity index (χ1) is 3.50. The number of halogens is 1. The summed E-state index contributed by atoms with van der Waals surface area (Å²) in [7, 11) is 0. The first kappa shape index (κ1) is 11.5. The van der Waals surface area contributed by atoms with Gasteiger partial charge in [-0.3, -0.25) is 4.79 Å². The van der Waals surface area contributed by atoms with E-state index < -0.39 is 11.3 Å². The maximum absolute atomic E-state index is 10.3. The average molecular weight is 154 g/mol. The van der Waals surface area contributed by atoms with Crippen molar-refractivity contribution in [3.8, 4) is 0 Å². The Labute approximate surface area is 60.6 Å². The van der Waals surface area contributed by atoms with E-state index >= 15 is 0 Å². The van der Waals surface area contributed by atoms with Crippen LogP contribution in [0.5, 0.6) is 0 Å².